The third kappa shape index (κ3) is 10.6. The summed E-state index contributed by atoms with van der Waals surface area (Å²) in [5.74, 6) is -1.00. The maximum absolute atomic E-state index is 15.4. The average molecular weight is 1190 g/mol. The molecule has 0 radical (unpaired) electrons. The molecule has 25 nitrogen and oxygen atoms in total. The van der Waals surface area contributed by atoms with Crippen molar-refractivity contribution in [2.24, 2.45) is 50.2 Å². The van der Waals surface area contributed by atoms with Crippen molar-refractivity contribution in [3.63, 3.8) is 0 Å². The van der Waals surface area contributed by atoms with Gasteiger partial charge in [-0.25, -0.2) is 0 Å². The van der Waals surface area contributed by atoms with Crippen molar-refractivity contribution in [1.29, 1.82) is 0 Å². The number of esters is 1. The summed E-state index contributed by atoms with van der Waals surface area (Å²) >= 11 is 0. The van der Waals surface area contributed by atoms with Crippen molar-refractivity contribution in [1.82, 2.24) is 0 Å². The molecule has 5 heterocycles. The van der Waals surface area contributed by atoms with Gasteiger partial charge in [0, 0.05) is 0 Å². The maximum Gasteiger partial charge on any atom is 0.317 e. The molecular weight excluding hydrogens is 1100 g/mol. The Kier molecular flexibility index (Phi) is 18.0. The SMILES string of the molecule is C[C@H]1O[C@@H](O[C@H]2[C@@H](OC(=O)C34CCC(C)(C)CC3C3=CCC5C6(C)CC[C@H](O[C@@H]7O[C@H](C)[C@H](O[C@@H]8OC[C@@H](O)[C@@H](O)[C@H]8O)[C@@H](O)[C@H]7O)C(C)(C)C6CCC5(C)C3(C)CC4O)OC[C@@H](O)[C@@H]2O)[C@H](O)[C@H](O)[C@H]1O[C@@H]1O[C@H](CO)[C@@H](O)[C@@H](O)[C@H]1O. The van der Waals surface area contributed by atoms with Gasteiger partial charge in [0.1, 0.15) is 97.0 Å². The van der Waals surface area contributed by atoms with E-state index in [4.69, 9.17) is 47.4 Å². The second kappa shape index (κ2) is 23.3. The smallest absolute Gasteiger partial charge is 0.317 e. The molecule has 476 valence electrons. The number of carbonyl (C=O) groups excluding carboxylic acids is 1. The van der Waals surface area contributed by atoms with E-state index >= 15 is 4.79 Å². The fraction of sp³-hybridized carbons (Fsp3) is 0.948. The highest BCUT2D eigenvalue weighted by Gasteiger charge is 2.72. The molecule has 10 rings (SSSR count). The molecule has 5 saturated heterocycles. The van der Waals surface area contributed by atoms with E-state index in [1.54, 1.807) is 6.92 Å². The molecule has 32 atom stereocenters. The van der Waals surface area contributed by atoms with Gasteiger partial charge in [-0.15, -0.1) is 0 Å². The third-order valence-electron chi connectivity index (χ3n) is 22.7. The van der Waals surface area contributed by atoms with Gasteiger partial charge >= 0.3 is 5.97 Å². The predicted octanol–water partition coefficient (Wildman–Crippen LogP) is -1.91. The number of hydrogen-bond donors (Lipinski definition) is 14. The molecule has 5 aliphatic carbocycles. The molecule has 0 aromatic carbocycles. The van der Waals surface area contributed by atoms with E-state index in [1.807, 2.05) is 0 Å². The monoisotopic (exact) mass is 1190 g/mol. The second-order valence-corrected chi connectivity index (χ2v) is 28.3. The lowest BCUT2D eigenvalue weighted by Gasteiger charge is -2.71. The summed E-state index contributed by atoms with van der Waals surface area (Å²) in [6, 6.07) is 0. The van der Waals surface area contributed by atoms with Crippen LogP contribution in [0.25, 0.3) is 0 Å². The lowest BCUT2D eigenvalue weighted by molar-refractivity contribution is -0.374. The van der Waals surface area contributed by atoms with E-state index in [0.29, 0.717) is 25.7 Å². The van der Waals surface area contributed by atoms with Crippen molar-refractivity contribution >= 4 is 5.97 Å². The first-order valence-electron chi connectivity index (χ1n) is 30.0. The molecule has 0 aromatic rings. The summed E-state index contributed by atoms with van der Waals surface area (Å²) in [5, 5.41) is 152. The topological polar surface area (TPSA) is 393 Å². The van der Waals surface area contributed by atoms with Gasteiger partial charge in [0.2, 0.25) is 6.29 Å². The Hall–Kier alpha value is -1.71. The van der Waals surface area contributed by atoms with E-state index < -0.39 is 195 Å². The summed E-state index contributed by atoms with van der Waals surface area (Å²) in [6.45, 7) is 17.2. The number of ether oxygens (including phenoxy) is 10. The van der Waals surface area contributed by atoms with E-state index in [2.05, 4.69) is 54.5 Å². The Bertz CT molecular complexity index is 2330. The van der Waals surface area contributed by atoms with E-state index in [0.717, 1.165) is 24.8 Å². The van der Waals surface area contributed by atoms with Gasteiger partial charge in [0.25, 0.3) is 0 Å². The van der Waals surface area contributed by atoms with E-state index in [1.165, 1.54) is 6.92 Å². The van der Waals surface area contributed by atoms with E-state index in [-0.39, 0.29) is 47.5 Å². The number of aliphatic hydroxyl groups excluding tert-OH is 14. The highest BCUT2D eigenvalue weighted by molar-refractivity contribution is 5.80. The minimum Gasteiger partial charge on any atom is -0.432 e. The van der Waals surface area contributed by atoms with Crippen LogP contribution in [-0.2, 0) is 52.2 Å². The lowest BCUT2D eigenvalue weighted by atomic mass is 9.33. The average Bonchev–Trinajstić information content (AvgIpc) is 3.53. The number of allylic oxidation sites excluding steroid dienone is 2. The Balaban J connectivity index is 0.845. The molecular formula is C58H94O25. The van der Waals surface area contributed by atoms with Gasteiger partial charge in [-0.2, -0.15) is 0 Å². The standard InChI is InChI=1S/C58H94O25/c1-23-44(80-47-40(69)34(63)27(60)21-74-47)38(67)42(71)48(76-23)79-33-13-14-55(7)30(54(33,5)6)12-15-56(8)31(55)11-10-25-26-18-53(3,4)16-17-58(26,32(62)19-57(25,56)9)52(73)83-51-46(35(64)28(61)22-75-51)82-49-43(72)39(68)45(24(2)77-49)81-50-41(70)37(66)36(65)29(20-59)78-50/h10,23-24,26-51,59-72H,11-22H2,1-9H3/t23-,24-,26?,27-,28-,29-,30?,31?,32?,33+,34-,35+,36-,37-,38+,39+,40-,41-,42-,43-,44+,45+,46-,47+,48+,49+,50+,51-,55?,56?,57?,58?/m1/s1. The molecule has 0 spiro atoms. The van der Waals surface area contributed by atoms with Gasteiger partial charge in [-0.05, 0) is 116 Å². The van der Waals surface area contributed by atoms with Crippen LogP contribution in [0, 0.1) is 50.2 Å². The summed E-state index contributed by atoms with van der Waals surface area (Å²) in [6.07, 6.45) is -29.2. The van der Waals surface area contributed by atoms with Crippen LogP contribution in [0.3, 0.4) is 0 Å². The highest BCUT2D eigenvalue weighted by atomic mass is 16.8. The van der Waals surface area contributed by atoms with Crippen LogP contribution in [0.2, 0.25) is 0 Å². The molecule has 0 bridgehead atoms. The van der Waals surface area contributed by atoms with Crippen molar-refractivity contribution in [2.75, 3.05) is 19.8 Å². The fourth-order valence-electron chi connectivity index (χ4n) is 17.5. The Morgan fingerprint density at radius 1 is 0.554 bits per heavy atom. The quantitative estimate of drug-likeness (QED) is 0.0610. The van der Waals surface area contributed by atoms with Crippen LogP contribution in [0.4, 0.5) is 0 Å². The van der Waals surface area contributed by atoms with Crippen LogP contribution in [0.5, 0.6) is 0 Å². The number of aliphatic hydroxyl groups is 14. The maximum atomic E-state index is 15.4. The first-order chi connectivity index (χ1) is 38.8. The second-order valence-electron chi connectivity index (χ2n) is 28.3. The Labute approximate surface area is 483 Å². The molecule has 10 aliphatic rings. The zero-order chi connectivity index (χ0) is 60.6. The van der Waals surface area contributed by atoms with Crippen LogP contribution in [-0.4, -0.2) is 251 Å². The predicted molar refractivity (Wildman–Crippen MR) is 282 cm³/mol. The molecule has 0 aromatic heterocycles. The molecule has 0 amide bonds. The van der Waals surface area contributed by atoms with Gasteiger partial charge in [-0.1, -0.05) is 60.1 Å². The van der Waals surface area contributed by atoms with Crippen molar-refractivity contribution in [2.45, 2.75) is 274 Å². The zero-order valence-corrected chi connectivity index (χ0v) is 49.0. The largest absolute Gasteiger partial charge is 0.432 e. The third-order valence-corrected chi connectivity index (χ3v) is 22.7. The van der Waals surface area contributed by atoms with Crippen molar-refractivity contribution in [3.8, 4) is 0 Å². The number of hydrogen-bond acceptors (Lipinski definition) is 25. The van der Waals surface area contributed by atoms with Crippen LogP contribution >= 0.6 is 0 Å². The lowest BCUT2D eigenvalue weighted by Crippen LogP contribution is -2.68. The van der Waals surface area contributed by atoms with Gasteiger partial charge < -0.3 is 119 Å². The highest BCUT2D eigenvalue weighted by Crippen LogP contribution is 2.76. The molecule has 25 heteroatoms. The van der Waals surface area contributed by atoms with Gasteiger partial charge in [0.15, 0.2) is 31.3 Å². The summed E-state index contributed by atoms with van der Waals surface area (Å²) in [7, 11) is 0. The van der Waals surface area contributed by atoms with Crippen LogP contribution in [0.15, 0.2) is 11.6 Å². The summed E-state index contributed by atoms with van der Waals surface area (Å²) in [5.41, 5.74) is -2.28. The minimum absolute atomic E-state index is 0.129. The van der Waals surface area contributed by atoms with Crippen LogP contribution in [0.1, 0.15) is 120 Å². The molecule has 4 saturated carbocycles. The Morgan fingerprint density at radius 2 is 1.10 bits per heavy atom. The fourth-order valence-corrected chi connectivity index (χ4v) is 17.5. The molecule has 8 unspecified atom stereocenters. The molecule has 9 fully saturated rings. The first kappa shape index (κ1) is 64.3. The number of fused-ring (bicyclic) bond motifs is 7. The van der Waals surface area contributed by atoms with Crippen molar-refractivity contribution < 1.29 is 124 Å². The number of carbonyl (C=O) groups is 1. The summed E-state index contributed by atoms with van der Waals surface area (Å²) in [4.78, 5) is 15.4. The van der Waals surface area contributed by atoms with E-state index in [9.17, 15) is 71.5 Å². The first-order valence-corrected chi connectivity index (χ1v) is 30.0. The normalized spacial score (nSPS) is 55.1. The van der Waals surface area contributed by atoms with Crippen molar-refractivity contribution in [3.05, 3.63) is 11.6 Å². The van der Waals surface area contributed by atoms with Gasteiger partial charge in [0.05, 0.1) is 44.2 Å². The number of rotatable bonds is 11. The zero-order valence-electron chi connectivity index (χ0n) is 49.0. The Morgan fingerprint density at radius 3 is 1.72 bits per heavy atom. The summed E-state index contributed by atoms with van der Waals surface area (Å²) < 4.78 is 59.6. The molecule has 83 heavy (non-hydrogen) atoms. The van der Waals surface area contributed by atoms with Gasteiger partial charge in [-0.3, -0.25) is 4.79 Å². The minimum atomic E-state index is -1.93. The molecule has 14 N–H and O–H groups in total. The van der Waals surface area contributed by atoms with Crippen LogP contribution < -0.4 is 0 Å². The molecule has 5 aliphatic heterocycles.